The van der Waals surface area contributed by atoms with E-state index in [9.17, 15) is 9.66 Å². The predicted octanol–water partition coefficient (Wildman–Crippen LogP) is 3.16. The van der Waals surface area contributed by atoms with Crippen LogP contribution in [0.4, 0.5) is 0 Å². The number of hydrogen-bond acceptors (Lipinski definition) is 6. The van der Waals surface area contributed by atoms with Crippen LogP contribution in [0.15, 0.2) is 54.7 Å². The topological polar surface area (TPSA) is 86.7 Å². The van der Waals surface area contributed by atoms with Crippen LogP contribution in [0.5, 0.6) is 0 Å². The summed E-state index contributed by atoms with van der Waals surface area (Å²) >= 11 is -1.40. The fourth-order valence-electron chi connectivity index (χ4n) is 2.72. The van der Waals surface area contributed by atoms with Crippen molar-refractivity contribution in [2.45, 2.75) is 57.3 Å². The van der Waals surface area contributed by atoms with Crippen LogP contribution in [0.2, 0.25) is 0 Å². The second-order valence-electron chi connectivity index (χ2n) is 7.72. The van der Waals surface area contributed by atoms with Crippen LogP contribution in [-0.4, -0.2) is 44.7 Å². The highest BCUT2D eigenvalue weighted by atomic mass is 32.2. The van der Waals surface area contributed by atoms with Crippen LogP contribution in [0.3, 0.4) is 0 Å². The Labute approximate surface area is 177 Å². The van der Waals surface area contributed by atoms with E-state index in [0.717, 1.165) is 5.56 Å². The summed E-state index contributed by atoms with van der Waals surface area (Å²) < 4.78 is 27.1. The van der Waals surface area contributed by atoms with Gasteiger partial charge in [-0.1, -0.05) is 36.4 Å². The van der Waals surface area contributed by atoms with Crippen LogP contribution in [0.25, 0.3) is 0 Å². The van der Waals surface area contributed by atoms with E-state index in [1.165, 1.54) is 0 Å². The van der Waals surface area contributed by atoms with Crippen molar-refractivity contribution in [1.82, 2.24) is 9.71 Å². The Balaban J connectivity index is 2.16. The smallest absolute Gasteiger partial charge is 0.136 e. The molecular weight excluding hydrogens is 388 g/mol. The Hall–Kier alpha value is -1.48. The van der Waals surface area contributed by atoms with Crippen LogP contribution >= 0.6 is 0 Å². The summed E-state index contributed by atoms with van der Waals surface area (Å²) in [5.41, 5.74) is 1.54. The van der Waals surface area contributed by atoms with Crippen LogP contribution < -0.4 is 4.72 Å². The molecule has 1 aromatic carbocycles. The maximum Gasteiger partial charge on any atom is 0.136 e. The summed E-state index contributed by atoms with van der Waals surface area (Å²) in [5.74, 6) is 0. The number of aliphatic hydroxyl groups is 1. The zero-order valence-corrected chi connectivity index (χ0v) is 18.4. The summed E-state index contributed by atoms with van der Waals surface area (Å²) in [6.07, 6.45) is 0.115. The molecule has 0 saturated heterocycles. The van der Waals surface area contributed by atoms with Gasteiger partial charge in [-0.25, -0.2) is 0 Å². The van der Waals surface area contributed by atoms with E-state index in [2.05, 4.69) is 9.71 Å². The number of aromatic nitrogens is 1. The second kappa shape index (κ2) is 11.6. The Kier molecular flexibility index (Phi) is 9.55. The molecule has 7 heteroatoms. The molecule has 6 nitrogen and oxygen atoms in total. The molecular formula is C22H32N2O4S. The Morgan fingerprint density at radius 3 is 2.41 bits per heavy atom. The third kappa shape index (κ3) is 7.70. The number of ether oxygens (including phenoxy) is 2. The van der Waals surface area contributed by atoms with Crippen LogP contribution in [0, 0.1) is 0 Å². The molecule has 160 valence electrons. The quantitative estimate of drug-likeness (QED) is 0.543. The van der Waals surface area contributed by atoms with Gasteiger partial charge in [-0.3, -0.25) is 4.98 Å². The Morgan fingerprint density at radius 2 is 1.83 bits per heavy atom. The molecule has 0 fully saturated rings. The Morgan fingerprint density at radius 1 is 1.14 bits per heavy atom. The molecule has 3 unspecified atom stereocenters. The van der Waals surface area contributed by atoms with Crippen molar-refractivity contribution in [3.05, 3.63) is 66.0 Å². The van der Waals surface area contributed by atoms with E-state index >= 15 is 0 Å². The van der Waals surface area contributed by atoms with Crippen molar-refractivity contribution in [2.75, 3.05) is 13.2 Å². The normalized spacial score (nSPS) is 16.2. The van der Waals surface area contributed by atoms with Gasteiger partial charge >= 0.3 is 0 Å². The first-order valence-corrected chi connectivity index (χ1v) is 11.0. The monoisotopic (exact) mass is 420 g/mol. The molecule has 2 rings (SSSR count). The summed E-state index contributed by atoms with van der Waals surface area (Å²) in [5, 5.41) is 11.0. The van der Waals surface area contributed by atoms with Gasteiger partial charge in [-0.15, -0.1) is 4.72 Å². The molecule has 1 aromatic heterocycles. The number of pyridine rings is 1. The first kappa shape index (κ1) is 23.8. The van der Waals surface area contributed by atoms with Crippen molar-refractivity contribution < 1.29 is 19.1 Å². The van der Waals surface area contributed by atoms with Gasteiger partial charge in [0.25, 0.3) is 0 Å². The third-order valence-corrected chi connectivity index (χ3v) is 5.90. The lowest BCUT2D eigenvalue weighted by Crippen LogP contribution is -2.54. The molecule has 0 aliphatic carbocycles. The molecule has 2 N–H and O–H groups in total. The third-order valence-electron chi connectivity index (χ3n) is 4.31. The number of nitrogens with zero attached hydrogens (tertiary/aromatic N) is 1. The number of rotatable bonds is 11. The fraction of sp³-hybridized carbons (Fsp3) is 0.500. The zero-order valence-electron chi connectivity index (χ0n) is 17.6. The molecule has 0 amide bonds. The molecule has 2 aromatic rings. The van der Waals surface area contributed by atoms with Gasteiger partial charge in [0.1, 0.15) is 23.0 Å². The lowest BCUT2D eigenvalue weighted by molar-refractivity contribution is -0.0570. The van der Waals surface area contributed by atoms with Crippen molar-refractivity contribution in [2.24, 2.45) is 0 Å². The van der Waals surface area contributed by atoms with Gasteiger partial charge in [0.15, 0.2) is 0 Å². The van der Waals surface area contributed by atoms with Gasteiger partial charge in [0.05, 0.1) is 18.9 Å². The second-order valence-corrected chi connectivity index (χ2v) is 9.72. The van der Waals surface area contributed by atoms with E-state index < -0.39 is 34.4 Å². The van der Waals surface area contributed by atoms with Crippen molar-refractivity contribution in [3.63, 3.8) is 0 Å². The van der Waals surface area contributed by atoms with E-state index in [4.69, 9.17) is 9.47 Å². The molecule has 0 radical (unpaired) electrons. The van der Waals surface area contributed by atoms with Crippen LogP contribution in [0.1, 0.15) is 45.1 Å². The van der Waals surface area contributed by atoms with Crippen LogP contribution in [-0.2, 0) is 27.4 Å². The largest absolute Gasteiger partial charge is 0.598 e. The fourth-order valence-corrected chi connectivity index (χ4v) is 3.60. The van der Waals surface area contributed by atoms with Gasteiger partial charge < -0.3 is 19.1 Å². The highest BCUT2D eigenvalue weighted by Crippen LogP contribution is 2.23. The van der Waals surface area contributed by atoms with E-state index in [-0.39, 0.29) is 6.61 Å². The first-order valence-electron chi connectivity index (χ1n) is 9.83. The van der Waals surface area contributed by atoms with Crippen molar-refractivity contribution in [3.8, 4) is 0 Å². The number of hydrogen-bond donors (Lipinski definition) is 2. The molecule has 0 bridgehead atoms. The minimum absolute atomic E-state index is 0.242. The number of benzene rings is 1. The summed E-state index contributed by atoms with van der Waals surface area (Å²) in [4.78, 5) is 4.25. The standard InChI is InChI=1S/C22H32N2O4S/c1-5-28-19(16-27-15-17-11-7-6-8-12-17)20(24-29(26)22(2,3)4)21(25)18-13-9-10-14-23-18/h6-14,19-21,24-25H,5,15-16H2,1-4H3/t19?,20?,21?,29-/m1/s1. The number of aliphatic hydroxyl groups excluding tert-OH is 1. The zero-order chi connectivity index (χ0) is 21.3. The van der Waals surface area contributed by atoms with Crippen molar-refractivity contribution in [1.29, 1.82) is 0 Å². The van der Waals surface area contributed by atoms with Gasteiger partial charge in [-0.2, -0.15) is 0 Å². The minimum Gasteiger partial charge on any atom is -0.598 e. The molecule has 0 aliphatic rings. The maximum absolute atomic E-state index is 12.8. The molecule has 4 atom stereocenters. The summed E-state index contributed by atoms with van der Waals surface area (Å²) in [6.45, 7) is 8.63. The van der Waals surface area contributed by atoms with E-state index in [0.29, 0.717) is 18.9 Å². The Bertz CT molecular complexity index is 697. The van der Waals surface area contributed by atoms with Gasteiger partial charge in [0, 0.05) is 24.2 Å². The van der Waals surface area contributed by atoms with E-state index in [1.54, 1.807) is 18.3 Å². The maximum atomic E-state index is 12.8. The highest BCUT2D eigenvalue weighted by molar-refractivity contribution is 7.90. The molecule has 0 saturated carbocycles. The summed E-state index contributed by atoms with van der Waals surface area (Å²) in [7, 11) is 0. The van der Waals surface area contributed by atoms with E-state index in [1.807, 2.05) is 64.1 Å². The lowest BCUT2D eigenvalue weighted by Gasteiger charge is -2.34. The SMILES string of the molecule is CCOC(COCc1ccccc1)C(N[S@+]([O-])C(C)(C)C)C(O)c1ccccn1. The first-order chi connectivity index (χ1) is 13.8. The average molecular weight is 421 g/mol. The van der Waals surface area contributed by atoms with Crippen molar-refractivity contribution >= 4 is 11.4 Å². The highest BCUT2D eigenvalue weighted by Gasteiger charge is 2.38. The molecule has 1 heterocycles. The minimum atomic E-state index is -1.40. The summed E-state index contributed by atoms with van der Waals surface area (Å²) in [6, 6.07) is 14.5. The van der Waals surface area contributed by atoms with Gasteiger partial charge in [0.2, 0.25) is 0 Å². The lowest BCUT2D eigenvalue weighted by atomic mass is 10.0. The molecule has 0 spiro atoms. The molecule has 0 aliphatic heterocycles. The molecule has 29 heavy (non-hydrogen) atoms. The average Bonchev–Trinajstić information content (AvgIpc) is 2.71. The predicted molar refractivity (Wildman–Crippen MR) is 116 cm³/mol. The van der Waals surface area contributed by atoms with Gasteiger partial charge in [-0.05, 0) is 45.4 Å². The number of nitrogens with one attached hydrogen (secondary N) is 1.